The van der Waals surface area contributed by atoms with Crippen molar-refractivity contribution in [2.75, 3.05) is 56.5 Å². The number of nitrogens with one attached hydrogen (secondary N) is 1. The van der Waals surface area contributed by atoms with E-state index in [4.69, 9.17) is 16.3 Å². The van der Waals surface area contributed by atoms with Crippen molar-refractivity contribution in [3.63, 3.8) is 0 Å². The van der Waals surface area contributed by atoms with Gasteiger partial charge >= 0.3 is 10.2 Å². The Morgan fingerprint density at radius 2 is 1.94 bits per heavy atom. The van der Waals surface area contributed by atoms with Gasteiger partial charge in [-0.3, -0.25) is 4.79 Å². The summed E-state index contributed by atoms with van der Waals surface area (Å²) in [6.07, 6.45) is 7.65. The number of anilines is 1. The fourth-order valence-electron chi connectivity index (χ4n) is 7.96. The molecule has 0 aromatic heterocycles. The molecule has 6 rings (SSSR count). The van der Waals surface area contributed by atoms with E-state index < -0.39 is 38.0 Å². The smallest absolute Gasteiger partial charge is 0.304 e. The van der Waals surface area contributed by atoms with Crippen LogP contribution in [-0.4, -0.2) is 94.2 Å². The number of hydrogen-bond acceptors (Lipinski definition) is 8. The van der Waals surface area contributed by atoms with Crippen molar-refractivity contribution >= 4 is 43.4 Å². The molecule has 1 fully saturated rings. The van der Waals surface area contributed by atoms with Gasteiger partial charge in [-0.2, -0.15) is 12.7 Å². The van der Waals surface area contributed by atoms with E-state index in [0.29, 0.717) is 36.2 Å². The van der Waals surface area contributed by atoms with Crippen LogP contribution in [0.3, 0.4) is 0 Å². The molecule has 2 aromatic rings. The van der Waals surface area contributed by atoms with Crippen LogP contribution in [0.25, 0.3) is 0 Å². The Hall–Kier alpha value is -2.68. The number of ether oxygens (including phenoxy) is 1. The number of hydrogen-bond donors (Lipinski definition) is 2. The second kappa shape index (κ2) is 14.5. The summed E-state index contributed by atoms with van der Waals surface area (Å²) in [5, 5.41) is 11.9. The maximum absolute atomic E-state index is 13.7. The highest BCUT2D eigenvalue weighted by atomic mass is 35.5. The highest BCUT2D eigenvalue weighted by Crippen LogP contribution is 2.46. The number of aryl methyl sites for hydroxylation is 1. The molecule has 49 heavy (non-hydrogen) atoms. The number of amides is 1. The highest BCUT2D eigenvalue weighted by molar-refractivity contribution is 7.89. The fraction of sp³-hybridized carbons (Fsp3) is 0.571. The molecule has 4 atom stereocenters. The standard InChI is InChI=1S/C35H47ClN4O7S2/c1-3-39(4-2)48(43,44)19-18-40-17-6-5-9-32(41)29-13-10-27(29)22-38-23-35(16-7-8-25-20-28(36)12-14-30(25)35)24-47-33-15-11-26(21-31(33)38)34(42)37-49(40,45)46/h5,9,11-12,14-15,20-21,27,29,32,41H,3-4,6-8,10,13,16-19,22-24H2,1-2H3,(H,37,42)/b9-5+/t27-,29+,32-,35-/m0/s1. The molecule has 268 valence electrons. The molecule has 2 aliphatic carbocycles. The van der Waals surface area contributed by atoms with E-state index in [1.165, 1.54) is 15.4 Å². The van der Waals surface area contributed by atoms with Crippen LogP contribution in [0.4, 0.5) is 5.69 Å². The number of rotatable bonds is 6. The molecule has 11 nitrogen and oxygen atoms in total. The molecule has 2 aliphatic heterocycles. The van der Waals surface area contributed by atoms with Crippen LogP contribution in [0.15, 0.2) is 48.6 Å². The van der Waals surface area contributed by atoms with Gasteiger partial charge in [0.05, 0.1) is 24.2 Å². The van der Waals surface area contributed by atoms with E-state index in [1.54, 1.807) is 44.2 Å². The Kier molecular flexibility index (Phi) is 10.7. The van der Waals surface area contributed by atoms with Gasteiger partial charge in [0.1, 0.15) is 5.75 Å². The van der Waals surface area contributed by atoms with Crippen LogP contribution in [0.2, 0.25) is 5.02 Å². The summed E-state index contributed by atoms with van der Waals surface area (Å²) >= 11 is 6.40. The number of benzene rings is 2. The third-order valence-electron chi connectivity index (χ3n) is 10.8. The second-order valence-corrected chi connectivity index (χ2v) is 17.9. The molecule has 0 unspecified atom stereocenters. The number of fused-ring (bicyclic) bond motifs is 4. The van der Waals surface area contributed by atoms with Gasteiger partial charge in [-0.25, -0.2) is 17.4 Å². The maximum Gasteiger partial charge on any atom is 0.304 e. The SMILES string of the molecule is CCN(CC)S(=O)(=O)CCN1CC/C=C/[C@H](O)[C@@H]2CC[C@H]2CN2C[C@@]3(CCCc4cc(Cl)ccc43)COc3ccc(cc32)C(=O)NS1(=O)=O. The molecule has 2 heterocycles. The Balaban J connectivity index is 1.35. The second-order valence-electron chi connectivity index (χ2n) is 13.7. The molecule has 0 radical (unpaired) electrons. The number of nitrogens with zero attached hydrogens (tertiary/aromatic N) is 3. The van der Waals surface area contributed by atoms with E-state index in [2.05, 4.69) is 15.7 Å². The Morgan fingerprint density at radius 1 is 1.14 bits per heavy atom. The number of aliphatic hydroxyl groups is 1. The average molecular weight is 735 g/mol. The van der Waals surface area contributed by atoms with Crippen molar-refractivity contribution in [3.8, 4) is 5.75 Å². The summed E-state index contributed by atoms with van der Waals surface area (Å²) in [7, 11) is -8.16. The molecule has 0 saturated heterocycles. The zero-order valence-corrected chi connectivity index (χ0v) is 30.6. The van der Waals surface area contributed by atoms with E-state index >= 15 is 0 Å². The quantitative estimate of drug-likeness (QED) is 0.424. The maximum atomic E-state index is 13.7. The highest BCUT2D eigenvalue weighted by Gasteiger charge is 2.44. The predicted molar refractivity (Wildman–Crippen MR) is 191 cm³/mol. The first-order chi connectivity index (χ1) is 23.4. The minimum atomic E-state index is -4.43. The monoisotopic (exact) mass is 734 g/mol. The zero-order valence-electron chi connectivity index (χ0n) is 28.2. The minimum absolute atomic E-state index is 0.0238. The Labute approximate surface area is 295 Å². The lowest BCUT2D eigenvalue weighted by Gasteiger charge is -2.45. The zero-order chi connectivity index (χ0) is 35.0. The molecule has 14 heteroatoms. The molecule has 1 spiro atoms. The van der Waals surface area contributed by atoms with Gasteiger partial charge in [-0.15, -0.1) is 0 Å². The van der Waals surface area contributed by atoms with Crippen LogP contribution < -0.4 is 14.4 Å². The third kappa shape index (κ3) is 7.52. The van der Waals surface area contributed by atoms with E-state index in [9.17, 15) is 26.7 Å². The molecule has 2 aromatic carbocycles. The first kappa shape index (κ1) is 36.1. The van der Waals surface area contributed by atoms with Gasteiger partial charge in [-0.05, 0) is 91.8 Å². The van der Waals surface area contributed by atoms with Gasteiger partial charge in [-0.1, -0.05) is 43.7 Å². The van der Waals surface area contributed by atoms with Crippen molar-refractivity contribution in [2.45, 2.75) is 63.9 Å². The van der Waals surface area contributed by atoms with Crippen LogP contribution in [0, 0.1) is 11.8 Å². The molecule has 1 saturated carbocycles. The van der Waals surface area contributed by atoms with Crippen LogP contribution in [0.1, 0.15) is 67.4 Å². The van der Waals surface area contributed by atoms with Gasteiger partial charge in [0.2, 0.25) is 10.0 Å². The van der Waals surface area contributed by atoms with Crippen molar-refractivity contribution < 1.29 is 31.5 Å². The largest absolute Gasteiger partial charge is 0.490 e. The van der Waals surface area contributed by atoms with Gasteiger partial charge in [0.25, 0.3) is 5.91 Å². The third-order valence-corrected chi connectivity index (χ3v) is 14.5. The van der Waals surface area contributed by atoms with Crippen molar-refractivity contribution in [1.29, 1.82) is 0 Å². The van der Waals surface area contributed by atoms with Gasteiger partial charge in [0, 0.05) is 55.3 Å². The summed E-state index contributed by atoms with van der Waals surface area (Å²) in [6.45, 7) is 5.32. The lowest BCUT2D eigenvalue weighted by atomic mass is 9.68. The average Bonchev–Trinajstić information content (AvgIpc) is 3.19. The molecule has 4 aliphatic rings. The first-order valence-electron chi connectivity index (χ1n) is 17.3. The van der Waals surface area contributed by atoms with E-state index in [-0.39, 0.29) is 55.4 Å². The molecular weight excluding hydrogens is 688 g/mol. The van der Waals surface area contributed by atoms with Gasteiger partial charge < -0.3 is 14.7 Å². The topological polar surface area (TPSA) is 137 Å². The number of aliphatic hydroxyl groups excluding tert-OH is 1. The van der Waals surface area contributed by atoms with Gasteiger partial charge in [0.15, 0.2) is 0 Å². The summed E-state index contributed by atoms with van der Waals surface area (Å²) < 4.78 is 64.2. The van der Waals surface area contributed by atoms with Crippen molar-refractivity contribution in [3.05, 3.63) is 70.3 Å². The van der Waals surface area contributed by atoms with Crippen LogP contribution in [0.5, 0.6) is 5.75 Å². The lowest BCUT2D eigenvalue weighted by molar-refractivity contribution is 0.0456. The van der Waals surface area contributed by atoms with Crippen LogP contribution in [-0.2, 0) is 32.1 Å². The normalized spacial score (nSPS) is 28.1. The number of sulfonamides is 1. The predicted octanol–water partition coefficient (Wildman–Crippen LogP) is 4.11. The van der Waals surface area contributed by atoms with Crippen LogP contribution >= 0.6 is 11.6 Å². The number of halogens is 1. The van der Waals surface area contributed by atoms with E-state index in [1.807, 2.05) is 12.1 Å². The molecule has 1 amide bonds. The number of carbonyl (C=O) groups excluding carboxylic acids is 1. The Morgan fingerprint density at radius 3 is 2.67 bits per heavy atom. The lowest BCUT2D eigenvalue weighted by Crippen LogP contribution is -2.49. The fourth-order valence-corrected chi connectivity index (χ4v) is 10.9. The minimum Gasteiger partial charge on any atom is -0.490 e. The summed E-state index contributed by atoms with van der Waals surface area (Å²) in [6, 6.07) is 11.1. The molecule has 2 N–H and O–H groups in total. The Bertz CT molecular complexity index is 1800. The summed E-state index contributed by atoms with van der Waals surface area (Å²) in [5.41, 5.74) is 2.95. The molecule has 2 bridgehead atoms. The summed E-state index contributed by atoms with van der Waals surface area (Å²) in [4.78, 5) is 15.9. The van der Waals surface area contributed by atoms with Crippen molar-refractivity contribution in [2.24, 2.45) is 11.8 Å². The summed E-state index contributed by atoms with van der Waals surface area (Å²) in [5.74, 6) is -0.407. The van der Waals surface area contributed by atoms with E-state index in [0.717, 1.165) is 36.4 Å². The van der Waals surface area contributed by atoms with Crippen molar-refractivity contribution in [1.82, 2.24) is 13.3 Å². The number of carbonyl (C=O) groups is 1. The first-order valence-corrected chi connectivity index (χ1v) is 20.7. The molecular formula is C35H47ClN4O7S2.